The molecule has 0 atom stereocenters. The molecule has 3 N–H and O–H groups in total. The Morgan fingerprint density at radius 2 is 1.79 bits per heavy atom. The first-order valence-corrected chi connectivity index (χ1v) is 7.40. The molecule has 0 unspecified atom stereocenters. The van der Waals surface area contributed by atoms with Gasteiger partial charge in [-0.2, -0.15) is 0 Å². The van der Waals surface area contributed by atoms with Gasteiger partial charge in [0.05, 0.1) is 19.1 Å². The molecule has 7 nitrogen and oxygen atoms in total. The average molecular weight is 324 g/mol. The maximum atomic E-state index is 12.3. The number of carbonyl (C=O) groups excluding carboxylic acids is 2. The summed E-state index contributed by atoms with van der Waals surface area (Å²) in [5.74, 6) is -0.217. The van der Waals surface area contributed by atoms with Crippen LogP contribution in [0.2, 0.25) is 0 Å². The van der Waals surface area contributed by atoms with Crippen LogP contribution in [0.4, 0.5) is 0 Å². The minimum Gasteiger partial charge on any atom is -0.467 e. The first-order chi connectivity index (χ1) is 11.7. The maximum Gasteiger partial charge on any atom is 0.272 e. The van der Waals surface area contributed by atoms with Crippen molar-refractivity contribution < 1.29 is 14.0 Å². The minimum absolute atomic E-state index is 0.0483. The Labute approximate surface area is 138 Å². The van der Waals surface area contributed by atoms with Crippen LogP contribution in [-0.2, 0) is 13.1 Å². The first-order valence-electron chi connectivity index (χ1n) is 7.40. The Balaban J connectivity index is 1.61. The second-order valence-corrected chi connectivity index (χ2v) is 5.06. The molecular formula is C17H16N4O3. The van der Waals surface area contributed by atoms with E-state index in [1.807, 2.05) is 30.3 Å². The van der Waals surface area contributed by atoms with Gasteiger partial charge in [0.15, 0.2) is 5.69 Å². The van der Waals surface area contributed by atoms with E-state index in [0.717, 1.165) is 5.56 Å². The highest BCUT2D eigenvalue weighted by atomic mass is 16.3. The Kier molecular flexibility index (Phi) is 4.71. The van der Waals surface area contributed by atoms with Gasteiger partial charge >= 0.3 is 0 Å². The molecule has 122 valence electrons. The quantitative estimate of drug-likeness (QED) is 0.644. The summed E-state index contributed by atoms with van der Waals surface area (Å²) in [7, 11) is 0. The van der Waals surface area contributed by atoms with E-state index < -0.39 is 5.91 Å². The standard InChI is InChI=1S/C17H16N4O3/c22-16(18-9-12-5-2-1-3-6-12)14-15(21-11-20-14)17(23)19-10-13-7-4-8-24-13/h1-8,11H,9-10H2,(H,18,22)(H,19,23)(H,20,21). The smallest absolute Gasteiger partial charge is 0.272 e. The monoisotopic (exact) mass is 324 g/mol. The molecule has 24 heavy (non-hydrogen) atoms. The fraction of sp³-hybridized carbons (Fsp3) is 0.118. The van der Waals surface area contributed by atoms with E-state index in [1.54, 1.807) is 12.1 Å². The van der Waals surface area contributed by atoms with Crippen LogP contribution in [0.1, 0.15) is 32.3 Å². The van der Waals surface area contributed by atoms with Crippen molar-refractivity contribution in [2.45, 2.75) is 13.1 Å². The lowest BCUT2D eigenvalue weighted by molar-refractivity contribution is 0.0910. The molecule has 7 heteroatoms. The molecule has 0 aliphatic carbocycles. The highest BCUT2D eigenvalue weighted by Crippen LogP contribution is 2.06. The summed E-state index contributed by atoms with van der Waals surface area (Å²) in [6.45, 7) is 0.593. The molecule has 0 aliphatic heterocycles. The Morgan fingerprint density at radius 1 is 1.00 bits per heavy atom. The number of carbonyl (C=O) groups is 2. The van der Waals surface area contributed by atoms with Crippen molar-refractivity contribution in [3.05, 3.63) is 77.8 Å². The third-order valence-electron chi connectivity index (χ3n) is 3.38. The van der Waals surface area contributed by atoms with Crippen LogP contribution in [0.3, 0.4) is 0 Å². The summed E-state index contributed by atoms with van der Waals surface area (Å²) in [5, 5.41) is 5.42. The zero-order chi connectivity index (χ0) is 16.8. The van der Waals surface area contributed by atoms with Gasteiger partial charge in [-0.1, -0.05) is 30.3 Å². The summed E-state index contributed by atoms with van der Waals surface area (Å²) in [6.07, 6.45) is 2.84. The molecule has 3 rings (SSSR count). The number of aromatic nitrogens is 2. The zero-order valence-corrected chi connectivity index (χ0v) is 12.8. The molecule has 1 aromatic carbocycles. The maximum absolute atomic E-state index is 12.3. The van der Waals surface area contributed by atoms with Crippen LogP contribution in [-0.4, -0.2) is 21.8 Å². The molecule has 2 aromatic heterocycles. The summed E-state index contributed by atoms with van der Waals surface area (Å²) < 4.78 is 5.14. The number of imidazole rings is 1. The van der Waals surface area contributed by atoms with E-state index in [4.69, 9.17) is 4.42 Å². The molecule has 2 heterocycles. The summed E-state index contributed by atoms with van der Waals surface area (Å²) in [5.41, 5.74) is 1.14. The normalized spacial score (nSPS) is 10.3. The van der Waals surface area contributed by atoms with E-state index in [0.29, 0.717) is 12.3 Å². The Hall–Kier alpha value is -3.35. The lowest BCUT2D eigenvalue weighted by atomic mass is 10.2. The van der Waals surface area contributed by atoms with Crippen LogP contribution >= 0.6 is 0 Å². The summed E-state index contributed by atoms with van der Waals surface area (Å²) in [4.78, 5) is 31.1. The van der Waals surface area contributed by atoms with Gasteiger partial charge in [0.2, 0.25) is 0 Å². The molecule has 0 bridgehead atoms. The lowest BCUT2D eigenvalue weighted by Gasteiger charge is -2.06. The van der Waals surface area contributed by atoms with Gasteiger partial charge in [-0.05, 0) is 17.7 Å². The van der Waals surface area contributed by atoms with Gasteiger partial charge in [-0.25, -0.2) is 4.98 Å². The number of benzene rings is 1. The van der Waals surface area contributed by atoms with E-state index in [-0.39, 0.29) is 23.8 Å². The first kappa shape index (κ1) is 15.5. The average Bonchev–Trinajstić information content (AvgIpc) is 3.30. The summed E-state index contributed by atoms with van der Waals surface area (Å²) in [6, 6.07) is 13.0. The number of nitrogens with zero attached hydrogens (tertiary/aromatic N) is 1. The van der Waals surface area contributed by atoms with Crippen LogP contribution in [0.15, 0.2) is 59.5 Å². The topological polar surface area (TPSA) is 100 Å². The molecule has 0 aliphatic rings. The molecule has 0 radical (unpaired) electrons. The molecule has 2 amide bonds. The van der Waals surface area contributed by atoms with Crippen LogP contribution in [0.5, 0.6) is 0 Å². The Bertz CT molecular complexity index is 810. The van der Waals surface area contributed by atoms with Gasteiger partial charge in [0.1, 0.15) is 11.5 Å². The van der Waals surface area contributed by atoms with Gasteiger partial charge in [0, 0.05) is 6.54 Å². The lowest BCUT2D eigenvalue weighted by Crippen LogP contribution is -2.29. The van der Waals surface area contributed by atoms with Crippen molar-refractivity contribution in [2.75, 3.05) is 0 Å². The number of hydrogen-bond acceptors (Lipinski definition) is 4. The zero-order valence-electron chi connectivity index (χ0n) is 12.8. The molecule has 0 saturated heterocycles. The van der Waals surface area contributed by atoms with E-state index in [2.05, 4.69) is 20.6 Å². The van der Waals surface area contributed by atoms with Crippen molar-refractivity contribution >= 4 is 11.8 Å². The largest absolute Gasteiger partial charge is 0.467 e. The van der Waals surface area contributed by atoms with Gasteiger partial charge in [-0.3, -0.25) is 9.59 Å². The highest BCUT2D eigenvalue weighted by molar-refractivity contribution is 6.04. The van der Waals surface area contributed by atoms with Crippen molar-refractivity contribution in [1.82, 2.24) is 20.6 Å². The SMILES string of the molecule is O=C(NCc1ccco1)c1nc[nH]c1C(=O)NCc1ccccc1. The second kappa shape index (κ2) is 7.28. The van der Waals surface area contributed by atoms with Gasteiger partial charge < -0.3 is 20.0 Å². The number of rotatable bonds is 6. The van der Waals surface area contributed by atoms with Crippen LogP contribution in [0.25, 0.3) is 0 Å². The predicted octanol–water partition coefficient (Wildman–Crippen LogP) is 1.86. The van der Waals surface area contributed by atoms with Gasteiger partial charge in [-0.15, -0.1) is 0 Å². The van der Waals surface area contributed by atoms with Crippen molar-refractivity contribution in [3.8, 4) is 0 Å². The fourth-order valence-corrected chi connectivity index (χ4v) is 2.17. The third kappa shape index (κ3) is 3.70. The van der Waals surface area contributed by atoms with Crippen molar-refractivity contribution in [3.63, 3.8) is 0 Å². The number of nitrogens with one attached hydrogen (secondary N) is 3. The van der Waals surface area contributed by atoms with Crippen molar-refractivity contribution in [1.29, 1.82) is 0 Å². The molecule has 3 aromatic rings. The molecular weight excluding hydrogens is 308 g/mol. The fourth-order valence-electron chi connectivity index (χ4n) is 2.17. The number of hydrogen-bond donors (Lipinski definition) is 3. The number of amides is 2. The molecule has 0 spiro atoms. The van der Waals surface area contributed by atoms with E-state index in [9.17, 15) is 9.59 Å². The van der Waals surface area contributed by atoms with Crippen LogP contribution < -0.4 is 10.6 Å². The number of furan rings is 1. The van der Waals surface area contributed by atoms with E-state index >= 15 is 0 Å². The van der Waals surface area contributed by atoms with Crippen molar-refractivity contribution in [2.24, 2.45) is 0 Å². The number of H-pyrrole nitrogens is 1. The minimum atomic E-state index is -0.447. The predicted molar refractivity (Wildman–Crippen MR) is 86.1 cm³/mol. The van der Waals surface area contributed by atoms with E-state index in [1.165, 1.54) is 12.6 Å². The highest BCUT2D eigenvalue weighted by Gasteiger charge is 2.20. The number of aromatic amines is 1. The summed E-state index contributed by atoms with van der Waals surface area (Å²) >= 11 is 0. The second-order valence-electron chi connectivity index (χ2n) is 5.06. The molecule has 0 saturated carbocycles. The third-order valence-corrected chi connectivity index (χ3v) is 3.38. The molecule has 0 fully saturated rings. The Morgan fingerprint density at radius 3 is 2.54 bits per heavy atom. The van der Waals surface area contributed by atoms with Crippen LogP contribution in [0, 0.1) is 0 Å². The van der Waals surface area contributed by atoms with Gasteiger partial charge in [0.25, 0.3) is 11.8 Å².